The van der Waals surface area contributed by atoms with Gasteiger partial charge in [0, 0.05) is 38.9 Å². The number of methoxy groups -OCH3 is 1. The van der Waals surface area contributed by atoms with Crippen LogP contribution in [0.5, 0.6) is 0 Å². The van der Waals surface area contributed by atoms with Crippen molar-refractivity contribution in [1.82, 2.24) is 25.2 Å². The van der Waals surface area contributed by atoms with Gasteiger partial charge in [-0.1, -0.05) is 23.4 Å². The van der Waals surface area contributed by atoms with Crippen LogP contribution in [0, 0.1) is 11.7 Å². The molecule has 0 aliphatic carbocycles. The normalized spacial score (nSPS) is 15.2. The Hall–Kier alpha value is -2.48. The first-order valence-electron chi connectivity index (χ1n) is 8.80. The van der Waals surface area contributed by atoms with Gasteiger partial charge in [0.05, 0.1) is 12.8 Å². The molecule has 2 aromatic rings. The first kappa shape index (κ1) is 18.3. The van der Waals surface area contributed by atoms with Crippen LogP contribution in [-0.4, -0.2) is 46.1 Å². The number of halogens is 1. The van der Waals surface area contributed by atoms with Gasteiger partial charge in [0.25, 0.3) is 0 Å². The lowest BCUT2D eigenvalue weighted by molar-refractivity contribution is 0.163. The van der Waals surface area contributed by atoms with Gasteiger partial charge in [0.15, 0.2) is 0 Å². The number of carbonyl (C=O) groups excluding carboxylic acids is 1. The first-order chi connectivity index (χ1) is 12.7. The topological polar surface area (TPSA) is 72.3 Å². The lowest BCUT2D eigenvalue weighted by Gasteiger charge is -2.31. The van der Waals surface area contributed by atoms with E-state index < -0.39 is 0 Å². The van der Waals surface area contributed by atoms with Crippen molar-refractivity contribution in [3.63, 3.8) is 0 Å². The van der Waals surface area contributed by atoms with Gasteiger partial charge in [-0.3, -0.25) is 4.68 Å². The van der Waals surface area contributed by atoms with E-state index in [4.69, 9.17) is 4.74 Å². The Bertz CT molecular complexity index is 728. The summed E-state index contributed by atoms with van der Waals surface area (Å²) >= 11 is 0. The Balaban J connectivity index is 1.42. The third-order valence-electron chi connectivity index (χ3n) is 4.61. The Morgan fingerprint density at radius 1 is 1.35 bits per heavy atom. The van der Waals surface area contributed by atoms with E-state index in [0.717, 1.165) is 25.1 Å². The van der Waals surface area contributed by atoms with Crippen molar-refractivity contribution in [2.24, 2.45) is 5.92 Å². The molecule has 0 radical (unpaired) electrons. The van der Waals surface area contributed by atoms with Crippen LogP contribution in [0.25, 0.3) is 0 Å². The number of carbonyl (C=O) groups is 1. The molecule has 26 heavy (non-hydrogen) atoms. The van der Waals surface area contributed by atoms with Crippen molar-refractivity contribution >= 4 is 6.03 Å². The summed E-state index contributed by atoms with van der Waals surface area (Å²) < 4.78 is 20.5. The summed E-state index contributed by atoms with van der Waals surface area (Å²) in [5.74, 6) is 0.162. The third-order valence-corrected chi connectivity index (χ3v) is 4.61. The van der Waals surface area contributed by atoms with Crippen molar-refractivity contribution in [2.75, 3.05) is 20.2 Å². The lowest BCUT2D eigenvalue weighted by atomic mass is 9.97. The standard InChI is InChI=1S/C18H24FN5O2/c1-26-13-16-12-24(22-21-16)11-14-6-8-23(9-7-14)18(25)20-10-15-4-2-3-5-17(15)19/h2-5,12,14H,6-11,13H2,1H3,(H,20,25). The van der Waals surface area contributed by atoms with Crippen LogP contribution < -0.4 is 5.32 Å². The van der Waals surface area contributed by atoms with Crippen molar-refractivity contribution in [2.45, 2.75) is 32.5 Å². The highest BCUT2D eigenvalue weighted by Crippen LogP contribution is 2.19. The van der Waals surface area contributed by atoms with Gasteiger partial charge >= 0.3 is 6.03 Å². The molecule has 1 aromatic heterocycles. The van der Waals surface area contributed by atoms with E-state index in [1.165, 1.54) is 6.07 Å². The van der Waals surface area contributed by atoms with Gasteiger partial charge in [0.2, 0.25) is 0 Å². The molecule has 2 heterocycles. The largest absolute Gasteiger partial charge is 0.378 e. The van der Waals surface area contributed by atoms with Crippen LogP contribution in [0.2, 0.25) is 0 Å². The van der Waals surface area contributed by atoms with E-state index in [1.54, 1.807) is 30.2 Å². The molecular formula is C18H24FN5O2. The molecule has 0 bridgehead atoms. The molecule has 140 valence electrons. The number of likely N-dealkylation sites (tertiary alicyclic amines) is 1. The van der Waals surface area contributed by atoms with E-state index in [-0.39, 0.29) is 18.4 Å². The summed E-state index contributed by atoms with van der Waals surface area (Å²) in [5.41, 5.74) is 1.31. The average Bonchev–Trinajstić information content (AvgIpc) is 3.09. The zero-order chi connectivity index (χ0) is 18.4. The maximum absolute atomic E-state index is 13.6. The number of urea groups is 1. The average molecular weight is 361 g/mol. The van der Waals surface area contributed by atoms with Crippen molar-refractivity contribution in [3.8, 4) is 0 Å². The SMILES string of the molecule is COCc1cn(CC2CCN(C(=O)NCc3ccccc3F)CC2)nn1. The number of nitrogens with one attached hydrogen (secondary N) is 1. The molecule has 1 fully saturated rings. The monoisotopic (exact) mass is 361 g/mol. The predicted molar refractivity (Wildman–Crippen MR) is 93.7 cm³/mol. The van der Waals surface area contributed by atoms with Crippen LogP contribution >= 0.6 is 0 Å². The van der Waals surface area contributed by atoms with Crippen LogP contribution in [0.1, 0.15) is 24.1 Å². The van der Waals surface area contributed by atoms with Crippen molar-refractivity contribution in [1.29, 1.82) is 0 Å². The van der Waals surface area contributed by atoms with E-state index in [9.17, 15) is 9.18 Å². The molecule has 0 unspecified atom stereocenters. The highest BCUT2D eigenvalue weighted by molar-refractivity contribution is 5.74. The molecule has 8 heteroatoms. The smallest absolute Gasteiger partial charge is 0.317 e. The van der Waals surface area contributed by atoms with Crippen molar-refractivity contribution in [3.05, 3.63) is 47.5 Å². The minimum absolute atomic E-state index is 0.144. The molecule has 1 aliphatic heterocycles. The van der Waals surface area contributed by atoms with Crippen LogP contribution in [-0.2, 0) is 24.4 Å². The minimum atomic E-state index is -0.299. The second kappa shape index (κ2) is 8.75. The molecule has 3 rings (SSSR count). The summed E-state index contributed by atoms with van der Waals surface area (Å²) in [6, 6.07) is 6.33. The highest BCUT2D eigenvalue weighted by Gasteiger charge is 2.23. The highest BCUT2D eigenvalue weighted by atomic mass is 19.1. The summed E-state index contributed by atoms with van der Waals surface area (Å²) in [7, 11) is 1.63. The molecule has 1 aliphatic rings. The molecule has 0 spiro atoms. The fourth-order valence-electron chi connectivity index (χ4n) is 3.15. The van der Waals surface area contributed by atoms with Gasteiger partial charge in [-0.05, 0) is 24.8 Å². The van der Waals surface area contributed by atoms with Gasteiger partial charge in [-0.2, -0.15) is 0 Å². The van der Waals surface area contributed by atoms with E-state index in [0.29, 0.717) is 31.2 Å². The molecule has 1 N–H and O–H groups in total. The fraction of sp³-hybridized carbons (Fsp3) is 0.500. The van der Waals surface area contributed by atoms with E-state index in [2.05, 4.69) is 15.6 Å². The van der Waals surface area contributed by atoms with Crippen LogP contribution in [0.4, 0.5) is 9.18 Å². The Kier molecular flexibility index (Phi) is 6.17. The Morgan fingerprint density at radius 2 is 2.12 bits per heavy atom. The van der Waals surface area contributed by atoms with Crippen molar-refractivity contribution < 1.29 is 13.9 Å². The number of benzene rings is 1. The predicted octanol–water partition coefficient (Wildman–Crippen LogP) is 2.19. The van der Waals surface area contributed by atoms with Gasteiger partial charge in [0.1, 0.15) is 11.5 Å². The summed E-state index contributed by atoms with van der Waals surface area (Å²) in [4.78, 5) is 14.1. The number of hydrogen-bond donors (Lipinski definition) is 1. The molecule has 0 atom stereocenters. The van der Waals surface area contributed by atoms with Crippen LogP contribution in [0.3, 0.4) is 0 Å². The zero-order valence-electron chi connectivity index (χ0n) is 14.9. The molecule has 1 saturated heterocycles. The third kappa shape index (κ3) is 4.78. The first-order valence-corrected chi connectivity index (χ1v) is 8.80. The van der Waals surface area contributed by atoms with E-state index in [1.807, 2.05) is 10.9 Å². The maximum atomic E-state index is 13.6. The van der Waals surface area contributed by atoms with E-state index >= 15 is 0 Å². The number of rotatable bonds is 6. The lowest BCUT2D eigenvalue weighted by Crippen LogP contribution is -2.44. The second-order valence-electron chi connectivity index (χ2n) is 6.55. The minimum Gasteiger partial charge on any atom is -0.378 e. The number of aromatic nitrogens is 3. The zero-order valence-corrected chi connectivity index (χ0v) is 14.9. The number of ether oxygens (including phenoxy) is 1. The number of amides is 2. The Morgan fingerprint density at radius 3 is 2.85 bits per heavy atom. The fourth-order valence-corrected chi connectivity index (χ4v) is 3.15. The second-order valence-corrected chi connectivity index (χ2v) is 6.55. The van der Waals surface area contributed by atoms with Gasteiger partial charge in [-0.25, -0.2) is 9.18 Å². The summed E-state index contributed by atoms with van der Waals surface area (Å²) in [6.07, 6.45) is 3.72. The maximum Gasteiger partial charge on any atom is 0.317 e. The number of hydrogen-bond acceptors (Lipinski definition) is 4. The van der Waals surface area contributed by atoms with Gasteiger partial charge < -0.3 is 15.0 Å². The number of nitrogens with zero attached hydrogens (tertiary/aromatic N) is 4. The molecular weight excluding hydrogens is 337 g/mol. The molecule has 1 aromatic carbocycles. The summed E-state index contributed by atoms with van der Waals surface area (Å²) in [5, 5.41) is 11.0. The summed E-state index contributed by atoms with van der Waals surface area (Å²) in [6.45, 7) is 2.83. The molecule has 0 saturated carbocycles. The molecule has 7 nitrogen and oxygen atoms in total. The quantitative estimate of drug-likeness (QED) is 0.856. The molecule has 2 amide bonds. The van der Waals surface area contributed by atoms with Crippen LogP contribution in [0.15, 0.2) is 30.5 Å². The van der Waals surface area contributed by atoms with Gasteiger partial charge in [-0.15, -0.1) is 5.10 Å². The number of piperidine rings is 1. The Labute approximate surface area is 152 Å².